The van der Waals surface area contributed by atoms with Gasteiger partial charge in [0.15, 0.2) is 0 Å². The van der Waals surface area contributed by atoms with Gasteiger partial charge in [0.25, 0.3) is 5.91 Å². The number of hydrogen-bond donors (Lipinski definition) is 1. The molecule has 2 rings (SSSR count). The Bertz CT molecular complexity index is 472. The van der Waals surface area contributed by atoms with Gasteiger partial charge in [-0.3, -0.25) is 4.79 Å². The molecule has 4 heteroatoms. The summed E-state index contributed by atoms with van der Waals surface area (Å²) in [5.74, 6) is 0.154. The van der Waals surface area contributed by atoms with Crippen LogP contribution in [0.5, 0.6) is 0 Å². The van der Waals surface area contributed by atoms with Crippen LogP contribution in [0.2, 0.25) is 0 Å². The summed E-state index contributed by atoms with van der Waals surface area (Å²) in [4.78, 5) is 14.2. The third kappa shape index (κ3) is 3.30. The molecule has 1 saturated carbocycles. The molecule has 3 nitrogen and oxygen atoms in total. The topological polar surface area (TPSA) is 32.3 Å². The number of carbonyl (C=O) groups excluding carboxylic acids is 1. The molecule has 0 heterocycles. The van der Waals surface area contributed by atoms with Crippen LogP contribution < -0.4 is 5.32 Å². The zero-order valence-corrected chi connectivity index (χ0v) is 12.3. The molecule has 1 aromatic rings. The first-order valence-electron chi connectivity index (χ1n) is 7.41. The molecule has 1 aliphatic rings. The molecule has 0 spiro atoms. The van der Waals surface area contributed by atoms with Crippen molar-refractivity contribution >= 4 is 11.6 Å². The van der Waals surface area contributed by atoms with Crippen molar-refractivity contribution in [2.75, 3.05) is 25.5 Å². The second-order valence-electron chi connectivity index (χ2n) is 5.57. The Labute approximate surface area is 120 Å². The summed E-state index contributed by atoms with van der Waals surface area (Å²) in [5, 5.41) is 3.03. The van der Waals surface area contributed by atoms with Gasteiger partial charge in [-0.05, 0) is 37.3 Å². The summed E-state index contributed by atoms with van der Waals surface area (Å²) in [6, 6.07) is 4.68. The molecule has 1 amide bonds. The van der Waals surface area contributed by atoms with Crippen LogP contribution in [-0.2, 0) is 0 Å². The van der Waals surface area contributed by atoms with Crippen LogP contribution in [0, 0.1) is 11.7 Å². The number of halogens is 1. The minimum absolute atomic E-state index is 0.102. The quantitative estimate of drug-likeness (QED) is 0.863. The maximum Gasteiger partial charge on any atom is 0.255 e. The molecular formula is C16H23FN2O. The molecule has 0 aromatic heterocycles. The summed E-state index contributed by atoms with van der Waals surface area (Å²) < 4.78 is 13.9. The van der Waals surface area contributed by atoms with E-state index >= 15 is 0 Å². The van der Waals surface area contributed by atoms with E-state index in [2.05, 4.69) is 5.32 Å². The van der Waals surface area contributed by atoms with Crippen LogP contribution in [0.25, 0.3) is 0 Å². The van der Waals surface area contributed by atoms with Crippen LogP contribution in [0.15, 0.2) is 18.2 Å². The standard InChI is InChI=1S/C16H23FN2O/c1-3-10-18-15-13(8-5-9-14(15)17)16(20)19(2)11-12-6-4-7-12/h5,8-9,12,18H,3-4,6-7,10-11H2,1-2H3. The highest BCUT2D eigenvalue weighted by molar-refractivity contribution is 5.99. The van der Waals surface area contributed by atoms with E-state index in [1.165, 1.54) is 25.3 Å². The Balaban J connectivity index is 2.12. The maximum absolute atomic E-state index is 13.9. The minimum atomic E-state index is -0.360. The van der Waals surface area contributed by atoms with Crippen LogP contribution in [0.4, 0.5) is 10.1 Å². The lowest BCUT2D eigenvalue weighted by atomic mass is 9.85. The average Bonchev–Trinajstić information content (AvgIpc) is 2.40. The molecule has 1 aromatic carbocycles. The normalized spacial score (nSPS) is 14.8. The second-order valence-corrected chi connectivity index (χ2v) is 5.57. The van der Waals surface area contributed by atoms with Gasteiger partial charge in [0.05, 0.1) is 11.3 Å². The Morgan fingerprint density at radius 3 is 2.80 bits per heavy atom. The largest absolute Gasteiger partial charge is 0.382 e. The molecule has 0 unspecified atom stereocenters. The maximum atomic E-state index is 13.9. The van der Waals surface area contributed by atoms with Gasteiger partial charge >= 0.3 is 0 Å². The van der Waals surface area contributed by atoms with Crippen molar-refractivity contribution in [3.8, 4) is 0 Å². The number of carbonyl (C=O) groups is 1. The summed E-state index contributed by atoms with van der Waals surface area (Å²) >= 11 is 0. The number of para-hydroxylation sites is 1. The highest BCUT2D eigenvalue weighted by atomic mass is 19.1. The molecule has 1 N–H and O–H groups in total. The number of anilines is 1. The monoisotopic (exact) mass is 278 g/mol. The van der Waals surface area contributed by atoms with Crippen LogP contribution >= 0.6 is 0 Å². The number of hydrogen-bond acceptors (Lipinski definition) is 2. The summed E-state index contributed by atoms with van der Waals surface area (Å²) in [7, 11) is 1.80. The fourth-order valence-corrected chi connectivity index (χ4v) is 2.48. The highest BCUT2D eigenvalue weighted by Crippen LogP contribution is 2.28. The Morgan fingerprint density at radius 2 is 2.20 bits per heavy atom. The van der Waals surface area contributed by atoms with Crippen molar-refractivity contribution < 1.29 is 9.18 Å². The predicted molar refractivity (Wildman–Crippen MR) is 79.5 cm³/mol. The SMILES string of the molecule is CCCNc1c(F)cccc1C(=O)N(C)CC1CCC1. The molecule has 20 heavy (non-hydrogen) atoms. The summed E-state index contributed by atoms with van der Waals surface area (Å²) in [6.07, 6.45) is 4.54. The molecule has 0 radical (unpaired) electrons. The van der Waals surface area contributed by atoms with Gasteiger partial charge in [-0.2, -0.15) is 0 Å². The molecule has 1 fully saturated rings. The van der Waals surface area contributed by atoms with Gasteiger partial charge in [0, 0.05) is 20.1 Å². The average molecular weight is 278 g/mol. The third-order valence-corrected chi connectivity index (χ3v) is 3.90. The molecular weight excluding hydrogens is 255 g/mol. The van der Waals surface area contributed by atoms with Crippen LogP contribution in [0.3, 0.4) is 0 Å². The smallest absolute Gasteiger partial charge is 0.255 e. The van der Waals surface area contributed by atoms with E-state index in [-0.39, 0.29) is 11.7 Å². The van der Waals surface area contributed by atoms with Gasteiger partial charge in [-0.15, -0.1) is 0 Å². The number of nitrogens with one attached hydrogen (secondary N) is 1. The van der Waals surface area contributed by atoms with E-state index < -0.39 is 0 Å². The van der Waals surface area contributed by atoms with Crippen molar-refractivity contribution in [3.05, 3.63) is 29.6 Å². The zero-order valence-electron chi connectivity index (χ0n) is 12.3. The van der Waals surface area contributed by atoms with Crippen molar-refractivity contribution in [1.29, 1.82) is 0 Å². The molecule has 0 aliphatic heterocycles. The number of rotatable bonds is 6. The second kappa shape index (κ2) is 6.73. The van der Waals surface area contributed by atoms with Crippen molar-refractivity contribution in [1.82, 2.24) is 4.90 Å². The fraction of sp³-hybridized carbons (Fsp3) is 0.562. The predicted octanol–water partition coefficient (Wildman–Crippen LogP) is 3.52. The Kier molecular flexibility index (Phi) is 4.99. The lowest BCUT2D eigenvalue weighted by Crippen LogP contribution is -2.34. The lowest BCUT2D eigenvalue weighted by Gasteiger charge is -2.30. The Hall–Kier alpha value is -1.58. The zero-order chi connectivity index (χ0) is 14.5. The summed E-state index contributed by atoms with van der Waals surface area (Å²) in [5.41, 5.74) is 0.764. The van der Waals surface area contributed by atoms with E-state index in [4.69, 9.17) is 0 Å². The molecule has 0 bridgehead atoms. The van der Waals surface area contributed by atoms with Gasteiger partial charge in [-0.1, -0.05) is 19.4 Å². The van der Waals surface area contributed by atoms with Gasteiger partial charge in [0.1, 0.15) is 5.82 Å². The van der Waals surface area contributed by atoms with E-state index in [0.29, 0.717) is 23.7 Å². The first-order valence-corrected chi connectivity index (χ1v) is 7.41. The van der Waals surface area contributed by atoms with E-state index in [0.717, 1.165) is 13.0 Å². The van der Waals surface area contributed by atoms with E-state index in [1.807, 2.05) is 6.92 Å². The Morgan fingerprint density at radius 1 is 1.45 bits per heavy atom. The fourth-order valence-electron chi connectivity index (χ4n) is 2.48. The number of benzene rings is 1. The lowest BCUT2D eigenvalue weighted by molar-refractivity contribution is 0.0745. The summed E-state index contributed by atoms with van der Waals surface area (Å²) in [6.45, 7) is 3.44. The number of amides is 1. The van der Waals surface area contributed by atoms with Gasteiger partial charge in [-0.25, -0.2) is 4.39 Å². The van der Waals surface area contributed by atoms with E-state index in [9.17, 15) is 9.18 Å². The van der Waals surface area contributed by atoms with Crippen molar-refractivity contribution in [3.63, 3.8) is 0 Å². The van der Waals surface area contributed by atoms with Crippen LogP contribution in [0.1, 0.15) is 43.0 Å². The van der Waals surface area contributed by atoms with Crippen molar-refractivity contribution in [2.24, 2.45) is 5.92 Å². The van der Waals surface area contributed by atoms with Crippen LogP contribution in [-0.4, -0.2) is 30.9 Å². The van der Waals surface area contributed by atoms with E-state index in [1.54, 1.807) is 24.1 Å². The first-order chi connectivity index (χ1) is 9.63. The van der Waals surface area contributed by atoms with Gasteiger partial charge < -0.3 is 10.2 Å². The highest BCUT2D eigenvalue weighted by Gasteiger charge is 2.24. The minimum Gasteiger partial charge on any atom is -0.382 e. The van der Waals surface area contributed by atoms with Gasteiger partial charge in [0.2, 0.25) is 0 Å². The first kappa shape index (κ1) is 14.8. The third-order valence-electron chi connectivity index (χ3n) is 3.90. The molecule has 0 saturated heterocycles. The molecule has 0 atom stereocenters. The molecule has 1 aliphatic carbocycles. The number of nitrogens with zero attached hydrogens (tertiary/aromatic N) is 1. The van der Waals surface area contributed by atoms with Crippen molar-refractivity contribution in [2.45, 2.75) is 32.6 Å². The molecule has 110 valence electrons.